The minimum atomic E-state index is -1.37. The van der Waals surface area contributed by atoms with Gasteiger partial charge in [0.05, 0.1) is 5.56 Å². The SMILES string of the molecule is Cc1cnc(N2CCN(C(=O)c3ccc(C4(C)NC(=O)NC4=O)cc3F)CC2)c(C)c1. The molecule has 2 N–H and O–H groups in total. The van der Waals surface area contributed by atoms with E-state index >= 15 is 0 Å². The maximum Gasteiger partial charge on any atom is 0.322 e. The number of hydrogen-bond donors (Lipinski definition) is 2. The number of rotatable bonds is 3. The van der Waals surface area contributed by atoms with Crippen LogP contribution >= 0.6 is 0 Å². The van der Waals surface area contributed by atoms with Crippen LogP contribution in [0.25, 0.3) is 0 Å². The van der Waals surface area contributed by atoms with Crippen molar-refractivity contribution in [3.05, 3.63) is 58.5 Å². The number of aromatic nitrogens is 1. The minimum absolute atomic E-state index is 0.0600. The molecule has 0 saturated carbocycles. The van der Waals surface area contributed by atoms with Crippen LogP contribution in [0.5, 0.6) is 0 Å². The number of halogens is 1. The molecule has 31 heavy (non-hydrogen) atoms. The fraction of sp³-hybridized carbons (Fsp3) is 0.364. The quantitative estimate of drug-likeness (QED) is 0.732. The van der Waals surface area contributed by atoms with Crippen LogP contribution in [0.1, 0.15) is 34.0 Å². The molecule has 0 radical (unpaired) electrons. The second kappa shape index (κ2) is 7.64. The Balaban J connectivity index is 1.47. The first kappa shape index (κ1) is 20.8. The molecule has 0 spiro atoms. The zero-order valence-corrected chi connectivity index (χ0v) is 17.7. The predicted octanol–water partition coefficient (Wildman–Crippen LogP) is 1.85. The number of carbonyl (C=O) groups is 3. The summed E-state index contributed by atoms with van der Waals surface area (Å²) >= 11 is 0. The number of aryl methyl sites for hydroxylation is 2. The largest absolute Gasteiger partial charge is 0.353 e. The van der Waals surface area contributed by atoms with Crippen LogP contribution in [0.2, 0.25) is 0 Å². The molecule has 2 aliphatic heterocycles. The van der Waals surface area contributed by atoms with Crippen molar-refractivity contribution in [2.75, 3.05) is 31.1 Å². The van der Waals surface area contributed by atoms with Crippen molar-refractivity contribution in [3.8, 4) is 0 Å². The van der Waals surface area contributed by atoms with Gasteiger partial charge in [0.1, 0.15) is 17.2 Å². The summed E-state index contributed by atoms with van der Waals surface area (Å²) in [7, 11) is 0. The Hall–Kier alpha value is -3.49. The lowest BCUT2D eigenvalue weighted by atomic mass is 9.91. The molecule has 1 aromatic heterocycles. The molecular weight excluding hydrogens is 401 g/mol. The van der Waals surface area contributed by atoms with Gasteiger partial charge in [0.2, 0.25) is 0 Å². The summed E-state index contributed by atoms with van der Waals surface area (Å²) in [6.45, 7) is 7.60. The van der Waals surface area contributed by atoms with Crippen molar-refractivity contribution in [3.63, 3.8) is 0 Å². The van der Waals surface area contributed by atoms with E-state index in [9.17, 15) is 18.8 Å². The number of imide groups is 1. The van der Waals surface area contributed by atoms with Gasteiger partial charge >= 0.3 is 6.03 Å². The number of nitrogens with one attached hydrogen (secondary N) is 2. The second-order valence-electron chi connectivity index (χ2n) is 8.16. The average molecular weight is 425 g/mol. The van der Waals surface area contributed by atoms with Gasteiger partial charge in [-0.25, -0.2) is 14.2 Å². The summed E-state index contributed by atoms with van der Waals surface area (Å²) in [5.74, 6) is -0.788. The van der Waals surface area contributed by atoms with Gasteiger partial charge in [0, 0.05) is 32.4 Å². The Morgan fingerprint density at radius 3 is 2.42 bits per heavy atom. The zero-order chi connectivity index (χ0) is 22.3. The third-order valence-corrected chi connectivity index (χ3v) is 5.88. The minimum Gasteiger partial charge on any atom is -0.353 e. The normalized spacial score (nSPS) is 21.2. The first-order chi connectivity index (χ1) is 14.7. The Morgan fingerprint density at radius 2 is 1.84 bits per heavy atom. The van der Waals surface area contributed by atoms with Crippen LogP contribution in [0, 0.1) is 19.7 Å². The van der Waals surface area contributed by atoms with Crippen LogP contribution in [0.15, 0.2) is 30.5 Å². The van der Waals surface area contributed by atoms with Crippen molar-refractivity contribution >= 4 is 23.7 Å². The third kappa shape index (κ3) is 3.71. The molecule has 0 bridgehead atoms. The molecule has 2 aromatic rings. The summed E-state index contributed by atoms with van der Waals surface area (Å²) < 4.78 is 14.8. The predicted molar refractivity (Wildman–Crippen MR) is 112 cm³/mol. The molecule has 1 aromatic carbocycles. The number of hydrogen-bond acceptors (Lipinski definition) is 5. The van der Waals surface area contributed by atoms with E-state index in [1.54, 1.807) is 4.90 Å². The highest BCUT2D eigenvalue weighted by Crippen LogP contribution is 2.27. The number of carbonyl (C=O) groups excluding carboxylic acids is 3. The summed E-state index contributed by atoms with van der Waals surface area (Å²) in [6.07, 6.45) is 1.82. The van der Waals surface area contributed by atoms with Crippen molar-refractivity contribution in [1.82, 2.24) is 20.5 Å². The molecule has 2 saturated heterocycles. The standard InChI is InChI=1S/C22H24FN5O3/c1-13-10-14(2)18(24-12-13)27-6-8-28(9-7-27)19(29)16-5-4-15(11-17(16)23)22(3)20(30)25-21(31)26-22/h4-5,10-12H,6-9H2,1-3H3,(H2,25,26,30,31). The first-order valence-corrected chi connectivity index (χ1v) is 10.1. The van der Waals surface area contributed by atoms with E-state index < -0.39 is 29.2 Å². The van der Waals surface area contributed by atoms with Crippen molar-refractivity contribution in [1.29, 1.82) is 0 Å². The van der Waals surface area contributed by atoms with Crippen molar-refractivity contribution in [2.24, 2.45) is 0 Å². The number of amides is 4. The zero-order valence-electron chi connectivity index (χ0n) is 17.7. The Morgan fingerprint density at radius 1 is 1.13 bits per heavy atom. The number of urea groups is 1. The highest BCUT2D eigenvalue weighted by atomic mass is 19.1. The molecule has 9 heteroatoms. The monoisotopic (exact) mass is 425 g/mol. The molecule has 0 aliphatic carbocycles. The van der Waals surface area contributed by atoms with Gasteiger partial charge in [0.15, 0.2) is 0 Å². The summed E-state index contributed by atoms with van der Waals surface area (Å²) in [6, 6.07) is 5.44. The summed E-state index contributed by atoms with van der Waals surface area (Å²) in [4.78, 5) is 44.7. The Kier molecular flexibility index (Phi) is 5.12. The number of piperazine rings is 1. The fourth-order valence-corrected chi connectivity index (χ4v) is 4.08. The summed E-state index contributed by atoms with van der Waals surface area (Å²) in [5, 5.41) is 4.63. The van der Waals surface area contributed by atoms with E-state index in [1.165, 1.54) is 19.1 Å². The lowest BCUT2D eigenvalue weighted by molar-refractivity contribution is -0.123. The second-order valence-corrected chi connectivity index (χ2v) is 8.16. The smallest absolute Gasteiger partial charge is 0.322 e. The van der Waals surface area contributed by atoms with E-state index in [1.807, 2.05) is 20.0 Å². The van der Waals surface area contributed by atoms with Crippen LogP contribution < -0.4 is 15.5 Å². The van der Waals surface area contributed by atoms with E-state index in [-0.39, 0.29) is 11.1 Å². The van der Waals surface area contributed by atoms with Gasteiger partial charge in [-0.3, -0.25) is 14.9 Å². The van der Waals surface area contributed by atoms with Gasteiger partial charge in [0.25, 0.3) is 11.8 Å². The number of benzene rings is 1. The molecule has 8 nitrogen and oxygen atoms in total. The molecule has 1 atom stereocenters. The molecule has 2 aliphatic rings. The average Bonchev–Trinajstić information content (AvgIpc) is 3.00. The molecule has 3 heterocycles. The number of anilines is 1. The molecular formula is C22H24FN5O3. The van der Waals surface area contributed by atoms with E-state index in [2.05, 4.69) is 26.6 Å². The molecule has 1 unspecified atom stereocenters. The topological polar surface area (TPSA) is 94.6 Å². The van der Waals surface area contributed by atoms with Gasteiger partial charge < -0.3 is 15.1 Å². The van der Waals surface area contributed by atoms with Crippen LogP contribution in [-0.4, -0.2) is 53.9 Å². The highest BCUT2D eigenvalue weighted by molar-refractivity contribution is 6.07. The van der Waals surface area contributed by atoms with E-state index in [0.717, 1.165) is 23.0 Å². The Bertz CT molecular complexity index is 1080. The highest BCUT2D eigenvalue weighted by Gasteiger charge is 2.43. The molecule has 162 valence electrons. The molecule has 4 amide bonds. The summed E-state index contributed by atoms with van der Waals surface area (Å²) in [5.41, 5.74) is 1.02. The van der Waals surface area contributed by atoms with Crippen LogP contribution in [0.3, 0.4) is 0 Å². The lowest BCUT2D eigenvalue weighted by Gasteiger charge is -2.36. The number of pyridine rings is 1. The fourth-order valence-electron chi connectivity index (χ4n) is 4.08. The third-order valence-electron chi connectivity index (χ3n) is 5.88. The van der Waals surface area contributed by atoms with Crippen LogP contribution in [-0.2, 0) is 10.3 Å². The van der Waals surface area contributed by atoms with Gasteiger partial charge in [-0.2, -0.15) is 0 Å². The van der Waals surface area contributed by atoms with Gasteiger partial charge in [-0.1, -0.05) is 12.1 Å². The van der Waals surface area contributed by atoms with Crippen molar-refractivity contribution < 1.29 is 18.8 Å². The van der Waals surface area contributed by atoms with Crippen LogP contribution in [0.4, 0.5) is 15.0 Å². The van der Waals surface area contributed by atoms with E-state index in [4.69, 9.17) is 0 Å². The van der Waals surface area contributed by atoms with E-state index in [0.29, 0.717) is 26.2 Å². The molecule has 4 rings (SSSR count). The number of nitrogens with zero attached hydrogens (tertiary/aromatic N) is 3. The molecule has 2 fully saturated rings. The van der Waals surface area contributed by atoms with Gasteiger partial charge in [-0.15, -0.1) is 0 Å². The maximum absolute atomic E-state index is 14.8. The first-order valence-electron chi connectivity index (χ1n) is 10.1. The maximum atomic E-state index is 14.8. The van der Waals surface area contributed by atoms with Gasteiger partial charge in [-0.05, 0) is 49.6 Å². The lowest BCUT2D eigenvalue weighted by Crippen LogP contribution is -2.49. The van der Waals surface area contributed by atoms with Crippen molar-refractivity contribution in [2.45, 2.75) is 26.3 Å². The Labute approximate surface area is 179 Å².